The van der Waals surface area contributed by atoms with Gasteiger partial charge in [-0.25, -0.2) is 0 Å². The van der Waals surface area contributed by atoms with Crippen LogP contribution in [-0.2, 0) is 0 Å². The molecule has 0 saturated carbocycles. The van der Waals surface area contributed by atoms with Gasteiger partial charge >= 0.3 is 0 Å². The Hall–Kier alpha value is 0.270. The molecule has 0 atom stereocenters. The van der Waals surface area contributed by atoms with Crippen molar-refractivity contribution in [3.05, 3.63) is 0 Å². The zero-order valence-electron chi connectivity index (χ0n) is 7.55. The molecule has 2 N–H and O–H groups in total. The van der Waals surface area contributed by atoms with Crippen LogP contribution in [0.25, 0.3) is 0 Å². The Kier molecular flexibility index (Phi) is 21.0. The van der Waals surface area contributed by atoms with Gasteiger partial charge in [0.05, 0.1) is 13.2 Å². The van der Waals surface area contributed by atoms with Crippen LogP contribution in [0.2, 0.25) is 0 Å². The number of aliphatic hydroxyl groups is 2. The van der Waals surface area contributed by atoms with Gasteiger partial charge in [0, 0.05) is 11.5 Å². The fourth-order valence-electron chi connectivity index (χ4n) is 0.231. The molecule has 0 fully saturated rings. The summed E-state index contributed by atoms with van der Waals surface area (Å²) >= 11 is 1.55. The number of rotatable bonds is 5. The van der Waals surface area contributed by atoms with Gasteiger partial charge in [0.1, 0.15) is 0 Å². The molecular formula is C8H20O2S. The molecule has 0 spiro atoms. The first-order chi connectivity index (χ1) is 5.33. The average molecular weight is 180 g/mol. The molecule has 0 amide bonds. The molecule has 0 aromatic carbocycles. The predicted octanol–water partition coefficient (Wildman–Crippen LogP) is 1.51. The van der Waals surface area contributed by atoms with Crippen LogP contribution in [0, 0.1) is 0 Å². The standard InChI is InChI=1S/C4H10O2S.C4H10/c5-1-3-7-4-2-6;1-3-4-2/h5-6H,1-4H2;3-4H2,1-2H3. The number of aliphatic hydroxyl groups excluding tert-OH is 2. The Morgan fingerprint density at radius 2 is 1.27 bits per heavy atom. The second-order valence-electron chi connectivity index (χ2n) is 2.06. The van der Waals surface area contributed by atoms with Gasteiger partial charge in [-0.3, -0.25) is 0 Å². The minimum absolute atomic E-state index is 0.213. The van der Waals surface area contributed by atoms with Crippen molar-refractivity contribution in [1.29, 1.82) is 0 Å². The van der Waals surface area contributed by atoms with E-state index in [-0.39, 0.29) is 13.2 Å². The van der Waals surface area contributed by atoms with Crippen LogP contribution in [0.4, 0.5) is 0 Å². The minimum atomic E-state index is 0.213. The number of hydrogen-bond acceptors (Lipinski definition) is 3. The van der Waals surface area contributed by atoms with Gasteiger partial charge in [-0.1, -0.05) is 26.7 Å². The highest BCUT2D eigenvalue weighted by molar-refractivity contribution is 7.99. The van der Waals surface area contributed by atoms with Gasteiger partial charge in [-0.05, 0) is 0 Å². The lowest BCUT2D eigenvalue weighted by Gasteiger charge is -1.90. The predicted molar refractivity (Wildman–Crippen MR) is 52.1 cm³/mol. The molecule has 0 aromatic rings. The zero-order chi connectivity index (χ0) is 8.95. The molecule has 0 radical (unpaired) electrons. The molecule has 0 heterocycles. The maximum Gasteiger partial charge on any atom is 0.0521 e. The van der Waals surface area contributed by atoms with E-state index in [0.717, 1.165) is 11.5 Å². The van der Waals surface area contributed by atoms with Crippen molar-refractivity contribution in [1.82, 2.24) is 0 Å². The van der Waals surface area contributed by atoms with Crippen LogP contribution in [0.5, 0.6) is 0 Å². The molecular weight excluding hydrogens is 160 g/mol. The number of unbranched alkanes of at least 4 members (excludes halogenated alkanes) is 1. The van der Waals surface area contributed by atoms with Crippen LogP contribution >= 0.6 is 11.8 Å². The van der Waals surface area contributed by atoms with Crippen LogP contribution in [-0.4, -0.2) is 34.9 Å². The average Bonchev–Trinajstić information content (AvgIpc) is 2.06. The van der Waals surface area contributed by atoms with E-state index in [9.17, 15) is 0 Å². The minimum Gasteiger partial charge on any atom is -0.396 e. The Balaban J connectivity index is 0. The molecule has 0 aliphatic carbocycles. The van der Waals surface area contributed by atoms with E-state index < -0.39 is 0 Å². The van der Waals surface area contributed by atoms with Gasteiger partial charge < -0.3 is 10.2 Å². The van der Waals surface area contributed by atoms with E-state index >= 15 is 0 Å². The SMILES string of the molecule is CCCC.OCCSCCO. The summed E-state index contributed by atoms with van der Waals surface area (Å²) < 4.78 is 0. The first-order valence-electron chi connectivity index (χ1n) is 4.12. The summed E-state index contributed by atoms with van der Waals surface area (Å²) in [5.41, 5.74) is 0. The zero-order valence-corrected chi connectivity index (χ0v) is 8.36. The second kappa shape index (κ2) is 16.7. The van der Waals surface area contributed by atoms with Crippen molar-refractivity contribution >= 4 is 11.8 Å². The third-order valence-electron chi connectivity index (χ3n) is 0.971. The lowest BCUT2D eigenvalue weighted by Crippen LogP contribution is -1.91. The van der Waals surface area contributed by atoms with Gasteiger partial charge in [0.25, 0.3) is 0 Å². The van der Waals surface area contributed by atoms with E-state index in [1.807, 2.05) is 0 Å². The Morgan fingerprint density at radius 1 is 0.909 bits per heavy atom. The fraction of sp³-hybridized carbons (Fsp3) is 1.00. The number of hydrogen-bond donors (Lipinski definition) is 2. The molecule has 70 valence electrons. The van der Waals surface area contributed by atoms with Gasteiger partial charge in [-0.2, -0.15) is 11.8 Å². The van der Waals surface area contributed by atoms with Crippen molar-refractivity contribution in [2.75, 3.05) is 24.7 Å². The van der Waals surface area contributed by atoms with Gasteiger partial charge in [-0.15, -0.1) is 0 Å². The normalized spacial score (nSPS) is 8.73. The van der Waals surface area contributed by atoms with E-state index in [4.69, 9.17) is 10.2 Å². The van der Waals surface area contributed by atoms with E-state index in [2.05, 4.69) is 13.8 Å². The molecule has 3 heteroatoms. The maximum atomic E-state index is 8.19. The summed E-state index contributed by atoms with van der Waals surface area (Å²) in [6, 6.07) is 0. The fourth-order valence-corrected chi connectivity index (χ4v) is 0.693. The van der Waals surface area contributed by atoms with Crippen molar-refractivity contribution < 1.29 is 10.2 Å². The summed E-state index contributed by atoms with van der Waals surface area (Å²) in [5, 5.41) is 16.4. The van der Waals surface area contributed by atoms with E-state index in [0.29, 0.717) is 0 Å². The highest BCUT2D eigenvalue weighted by atomic mass is 32.2. The highest BCUT2D eigenvalue weighted by Gasteiger charge is 1.81. The molecule has 2 nitrogen and oxygen atoms in total. The quantitative estimate of drug-likeness (QED) is 0.630. The van der Waals surface area contributed by atoms with Crippen LogP contribution < -0.4 is 0 Å². The lowest BCUT2D eigenvalue weighted by molar-refractivity contribution is 0.318. The molecule has 0 saturated heterocycles. The number of thioether (sulfide) groups is 1. The molecule has 0 aliphatic rings. The summed E-state index contributed by atoms with van der Waals surface area (Å²) in [6.07, 6.45) is 2.64. The first-order valence-corrected chi connectivity index (χ1v) is 5.28. The third-order valence-corrected chi connectivity index (χ3v) is 1.91. The highest BCUT2D eigenvalue weighted by Crippen LogP contribution is 1.94. The Morgan fingerprint density at radius 3 is 1.45 bits per heavy atom. The molecule has 11 heavy (non-hydrogen) atoms. The summed E-state index contributed by atoms with van der Waals surface area (Å²) in [5.74, 6) is 1.47. The Bertz CT molecular complexity index is 45.4. The van der Waals surface area contributed by atoms with Crippen molar-refractivity contribution in [3.63, 3.8) is 0 Å². The maximum absolute atomic E-state index is 8.19. The summed E-state index contributed by atoms with van der Waals surface area (Å²) in [6.45, 7) is 4.79. The third kappa shape index (κ3) is 25.3. The van der Waals surface area contributed by atoms with Crippen LogP contribution in [0.1, 0.15) is 26.7 Å². The largest absolute Gasteiger partial charge is 0.396 e. The topological polar surface area (TPSA) is 40.5 Å². The molecule has 0 bridgehead atoms. The second-order valence-corrected chi connectivity index (χ2v) is 3.28. The summed E-state index contributed by atoms with van der Waals surface area (Å²) in [4.78, 5) is 0. The van der Waals surface area contributed by atoms with Crippen molar-refractivity contribution in [2.24, 2.45) is 0 Å². The monoisotopic (exact) mass is 180 g/mol. The van der Waals surface area contributed by atoms with Crippen LogP contribution in [0.3, 0.4) is 0 Å². The van der Waals surface area contributed by atoms with E-state index in [1.165, 1.54) is 12.8 Å². The molecule has 0 aliphatic heterocycles. The smallest absolute Gasteiger partial charge is 0.0521 e. The molecule has 0 rings (SSSR count). The molecule has 0 unspecified atom stereocenters. The molecule has 0 aromatic heterocycles. The van der Waals surface area contributed by atoms with Crippen molar-refractivity contribution in [2.45, 2.75) is 26.7 Å². The van der Waals surface area contributed by atoms with E-state index in [1.54, 1.807) is 11.8 Å². The van der Waals surface area contributed by atoms with Crippen LogP contribution in [0.15, 0.2) is 0 Å². The van der Waals surface area contributed by atoms with Crippen molar-refractivity contribution in [3.8, 4) is 0 Å². The first kappa shape index (κ1) is 13.8. The Labute approximate surface area is 74.0 Å². The summed E-state index contributed by atoms with van der Waals surface area (Å²) in [7, 11) is 0. The lowest BCUT2D eigenvalue weighted by atomic mass is 10.4. The van der Waals surface area contributed by atoms with Gasteiger partial charge in [0.15, 0.2) is 0 Å². The van der Waals surface area contributed by atoms with Gasteiger partial charge in [0.2, 0.25) is 0 Å².